The lowest BCUT2D eigenvalue weighted by molar-refractivity contribution is 0.0251. The minimum absolute atomic E-state index is 0.00231. The van der Waals surface area contributed by atoms with Crippen LogP contribution in [0.15, 0.2) is 84.9 Å². The molecule has 0 saturated carbocycles. The van der Waals surface area contributed by atoms with Gasteiger partial charge >= 0.3 is 0 Å². The number of carbonyl (C=O) groups is 4. The number of rotatable bonds is 22. The van der Waals surface area contributed by atoms with E-state index in [1.807, 2.05) is 13.8 Å². The highest BCUT2D eigenvalue weighted by molar-refractivity contribution is 6.39. The molecule has 0 aliphatic carbocycles. The maximum atomic E-state index is 15.6. The molecule has 4 rings (SSSR count). The van der Waals surface area contributed by atoms with Crippen LogP contribution in [0.3, 0.4) is 0 Å². The van der Waals surface area contributed by atoms with Crippen LogP contribution in [-0.4, -0.2) is 116 Å². The number of carbonyl (C=O) groups excluding carboxylic acids is 4. The van der Waals surface area contributed by atoms with Crippen molar-refractivity contribution >= 4 is 86.8 Å². The van der Waals surface area contributed by atoms with Gasteiger partial charge in [-0.25, -0.2) is 0 Å². The third-order valence-corrected chi connectivity index (χ3v) is 12.1. The number of anilines is 1. The van der Waals surface area contributed by atoms with Gasteiger partial charge in [-0.1, -0.05) is 94.4 Å². The second-order valence-electron chi connectivity index (χ2n) is 17.7. The molecule has 0 aliphatic heterocycles. The lowest BCUT2D eigenvalue weighted by atomic mass is 9.62. The second-order valence-corrected chi connectivity index (χ2v) is 19.8. The molecule has 0 spiro atoms. The summed E-state index contributed by atoms with van der Waals surface area (Å²) in [5.41, 5.74) is 0.122. The second kappa shape index (κ2) is 24.2. The van der Waals surface area contributed by atoms with Crippen LogP contribution in [0.4, 0.5) is 5.69 Å². The molecule has 18 heteroatoms. The fourth-order valence-electron chi connectivity index (χ4n) is 7.36. The van der Waals surface area contributed by atoms with Gasteiger partial charge in [0.1, 0.15) is 11.1 Å². The number of benzene rings is 4. The minimum Gasteiger partial charge on any atom is -0.396 e. The molecule has 4 aromatic carbocycles. The Hall–Kier alpha value is -3.51. The van der Waals surface area contributed by atoms with E-state index < -0.39 is 77.5 Å². The summed E-state index contributed by atoms with van der Waals surface area (Å²) < 4.78 is 0. The van der Waals surface area contributed by atoms with Crippen molar-refractivity contribution in [1.82, 2.24) is 21.3 Å². The molecule has 0 fully saturated rings. The molecular formula is C48H60Cl5N5O8. The number of nitrogen functional groups attached to an aromatic ring is 1. The van der Waals surface area contributed by atoms with Crippen molar-refractivity contribution in [2.24, 2.45) is 0 Å². The first-order valence-electron chi connectivity index (χ1n) is 21.0. The summed E-state index contributed by atoms with van der Waals surface area (Å²) >= 11 is 31.4. The van der Waals surface area contributed by atoms with Crippen LogP contribution < -0.4 is 27.0 Å². The van der Waals surface area contributed by atoms with E-state index in [0.29, 0.717) is 10.6 Å². The fraction of sp³-hybridized carbons (Fsp3) is 0.417. The van der Waals surface area contributed by atoms with Gasteiger partial charge in [0.25, 0.3) is 0 Å². The van der Waals surface area contributed by atoms with Crippen molar-refractivity contribution in [3.63, 3.8) is 0 Å². The summed E-state index contributed by atoms with van der Waals surface area (Å²) in [6.45, 7) is 11.6. The molecule has 0 amide bonds. The van der Waals surface area contributed by atoms with Crippen molar-refractivity contribution in [3.8, 4) is 0 Å². The maximum Gasteiger partial charge on any atom is 0.187 e. The number of Topliss-reactive ketones (excluding diaryl/α,β-unsaturated/α-hetero) is 4. The predicted octanol–water partition coefficient (Wildman–Crippen LogP) is 7.27. The standard InChI is InChI=1S/C35H42Cl4N4O6.C13H18ClNO2/c1-19(16-44)41-30(29(47)21-8-6-10-24(36)12-21)35(43-33(3,4)18-46,32(49)23-14-26(38)28(40)27(39)15-23)34(5,42-20(2)17-45)31(48)22-9-7-11-25(37)13-22;1-9(15-13(2,3)8-16)12(17)10-5-4-6-11(14)7-10/h6-15,19-20,30,41-46H,16-18,40H2,1-5H3;4-7,9,15-16H,8H2,1-3H3. The molecular weight excluding hydrogens is 952 g/mol. The molecule has 4 aromatic rings. The monoisotopic (exact) mass is 1010 g/mol. The average molecular weight is 1010 g/mol. The summed E-state index contributed by atoms with van der Waals surface area (Å²) in [6, 6.07) is 17.7. The number of aliphatic hydroxyl groups is 4. The van der Waals surface area contributed by atoms with Gasteiger partial charge in [-0.2, -0.15) is 0 Å². The van der Waals surface area contributed by atoms with Crippen molar-refractivity contribution in [2.45, 2.75) is 102 Å². The molecule has 6 atom stereocenters. The Bertz CT molecular complexity index is 2330. The summed E-state index contributed by atoms with van der Waals surface area (Å²) in [6.07, 6.45) is 0. The summed E-state index contributed by atoms with van der Waals surface area (Å²) in [7, 11) is 0. The quantitative estimate of drug-likeness (QED) is 0.0280. The molecule has 0 radical (unpaired) electrons. The zero-order valence-corrected chi connectivity index (χ0v) is 41.9. The molecule has 66 heavy (non-hydrogen) atoms. The molecule has 0 heterocycles. The van der Waals surface area contributed by atoms with Gasteiger partial charge in [-0.3, -0.25) is 29.8 Å². The van der Waals surface area contributed by atoms with Gasteiger partial charge in [0.15, 0.2) is 23.1 Å². The number of ketones is 4. The fourth-order valence-corrected chi connectivity index (χ4v) is 8.42. The van der Waals surface area contributed by atoms with E-state index >= 15 is 9.59 Å². The largest absolute Gasteiger partial charge is 0.396 e. The Labute approximate surface area is 411 Å². The first kappa shape index (κ1) is 56.8. The molecule has 0 aromatic heterocycles. The Balaban J connectivity index is 0.000000569. The van der Waals surface area contributed by atoms with Gasteiger partial charge in [0, 0.05) is 60.5 Å². The predicted molar refractivity (Wildman–Crippen MR) is 265 cm³/mol. The molecule has 6 unspecified atom stereocenters. The minimum atomic E-state index is -2.44. The smallest absolute Gasteiger partial charge is 0.187 e. The normalized spacial score (nSPS) is 15.5. The lowest BCUT2D eigenvalue weighted by Crippen LogP contribution is -2.85. The molecule has 13 nitrogen and oxygen atoms in total. The Morgan fingerprint density at radius 3 is 1.45 bits per heavy atom. The third-order valence-electron chi connectivity index (χ3n) is 10.8. The van der Waals surface area contributed by atoms with Crippen LogP contribution in [-0.2, 0) is 0 Å². The number of nitrogens with two attached hydrogens (primary N) is 1. The summed E-state index contributed by atoms with van der Waals surface area (Å²) in [5, 5.41) is 53.8. The third kappa shape index (κ3) is 14.0. The van der Waals surface area contributed by atoms with Crippen LogP contribution in [0.25, 0.3) is 0 Å². The first-order valence-corrected chi connectivity index (χ1v) is 22.8. The lowest BCUT2D eigenvalue weighted by Gasteiger charge is -2.55. The number of aliphatic hydroxyl groups excluding tert-OH is 4. The molecule has 360 valence electrons. The average Bonchev–Trinajstić information content (AvgIpc) is 3.27. The van der Waals surface area contributed by atoms with E-state index in [0.717, 1.165) is 0 Å². The van der Waals surface area contributed by atoms with Gasteiger partial charge < -0.3 is 36.8 Å². The number of hydrogen-bond donors (Lipinski definition) is 9. The van der Waals surface area contributed by atoms with E-state index in [2.05, 4.69) is 21.3 Å². The first-order chi connectivity index (χ1) is 30.7. The van der Waals surface area contributed by atoms with Gasteiger partial charge in [-0.15, -0.1) is 0 Å². The summed E-state index contributed by atoms with van der Waals surface area (Å²) in [4.78, 5) is 57.9. The summed E-state index contributed by atoms with van der Waals surface area (Å²) in [5.74, 6) is -2.31. The number of hydrogen-bond acceptors (Lipinski definition) is 13. The van der Waals surface area contributed by atoms with E-state index in [1.54, 1.807) is 83.1 Å². The molecule has 0 saturated heterocycles. The zero-order chi connectivity index (χ0) is 49.9. The topological polar surface area (TPSA) is 223 Å². The van der Waals surface area contributed by atoms with Crippen LogP contribution in [0.1, 0.15) is 96.8 Å². The van der Waals surface area contributed by atoms with E-state index in [1.165, 1.54) is 43.3 Å². The Kier molecular flexibility index (Phi) is 20.8. The molecule has 0 aliphatic rings. The Morgan fingerprint density at radius 1 is 0.576 bits per heavy atom. The van der Waals surface area contributed by atoms with E-state index in [4.69, 9.17) is 68.8 Å². The molecule has 10 N–H and O–H groups in total. The van der Waals surface area contributed by atoms with Gasteiger partial charge in [-0.05, 0) is 104 Å². The van der Waals surface area contributed by atoms with Gasteiger partial charge in [0.05, 0.1) is 54.2 Å². The van der Waals surface area contributed by atoms with Crippen molar-refractivity contribution in [3.05, 3.63) is 132 Å². The highest BCUT2D eigenvalue weighted by Crippen LogP contribution is 2.40. The van der Waals surface area contributed by atoms with Gasteiger partial charge in [0.2, 0.25) is 0 Å². The number of halogens is 5. The van der Waals surface area contributed by atoms with E-state index in [-0.39, 0.29) is 60.9 Å². The highest BCUT2D eigenvalue weighted by atomic mass is 35.5. The SMILES string of the molecule is CC(CO)NC(C(=O)c1cccc(Cl)c1)C(NC(C)(C)CO)(C(=O)c1cc(Cl)c(N)c(Cl)c1)C(C)(NC(C)CO)C(=O)c1cccc(Cl)c1.CC(NC(C)(C)CO)C(=O)c1cccc(Cl)c1. The maximum absolute atomic E-state index is 15.6. The number of nitrogens with one attached hydrogen (secondary N) is 4. The zero-order valence-electron chi connectivity index (χ0n) is 38.1. The van der Waals surface area contributed by atoms with E-state index in [9.17, 15) is 24.9 Å². The van der Waals surface area contributed by atoms with Crippen molar-refractivity contribution in [2.75, 3.05) is 32.2 Å². The van der Waals surface area contributed by atoms with Crippen LogP contribution in [0, 0.1) is 0 Å². The van der Waals surface area contributed by atoms with Crippen LogP contribution >= 0.6 is 58.0 Å². The molecule has 0 bridgehead atoms. The highest BCUT2D eigenvalue weighted by Gasteiger charge is 2.65. The van der Waals surface area contributed by atoms with Crippen LogP contribution in [0.5, 0.6) is 0 Å². The van der Waals surface area contributed by atoms with Crippen molar-refractivity contribution < 1.29 is 39.6 Å². The van der Waals surface area contributed by atoms with Crippen LogP contribution in [0.2, 0.25) is 25.1 Å². The van der Waals surface area contributed by atoms with Crippen molar-refractivity contribution in [1.29, 1.82) is 0 Å². The Morgan fingerprint density at radius 2 is 1.02 bits per heavy atom.